The molecule has 0 amide bonds. The van der Waals surface area contributed by atoms with Crippen LogP contribution in [0.4, 0.5) is 17.1 Å². The van der Waals surface area contributed by atoms with E-state index in [1.165, 1.54) is 54.6 Å². The van der Waals surface area contributed by atoms with Gasteiger partial charge in [-0.2, -0.15) is 0 Å². The Morgan fingerprint density at radius 2 is 0.726 bits per heavy atom. The first-order valence-electron chi connectivity index (χ1n) is 21.2. The van der Waals surface area contributed by atoms with Crippen molar-refractivity contribution >= 4 is 71.3 Å². The number of benzene rings is 11. The number of hydrogen-bond acceptors (Lipinski definition) is 2. The number of rotatable bonds is 7. The van der Waals surface area contributed by atoms with E-state index >= 15 is 0 Å². The molecule has 1 aromatic heterocycles. The Kier molecular flexibility index (Phi) is 8.53. The fraction of sp³-hybridized carbons (Fsp3) is 0. The van der Waals surface area contributed by atoms with E-state index in [1.807, 2.05) is 12.1 Å². The molecule has 12 rings (SSSR count). The van der Waals surface area contributed by atoms with Crippen LogP contribution in [0.1, 0.15) is 0 Å². The minimum Gasteiger partial charge on any atom is -0.456 e. The molecule has 0 N–H and O–H groups in total. The van der Waals surface area contributed by atoms with Crippen LogP contribution in [0.15, 0.2) is 241 Å². The summed E-state index contributed by atoms with van der Waals surface area (Å²) in [5.74, 6) is 0. The standard InChI is InChI=1S/C60H39NO/c1-3-21-52-41(12-1)14-10-24-53(52)43-30-28-40(29-31-43)45-15-7-18-49(36-45)61(51-20-9-17-48(38-51)55-25-11-27-59-60(55)56-23-5-6-26-58(56)62-59)50-19-8-16-46(37-50)47-35-34-44-33-32-42-13-2-4-22-54(42)57(44)39-47/h1-39H. The molecule has 1 heterocycles. The van der Waals surface area contributed by atoms with Gasteiger partial charge in [0.2, 0.25) is 0 Å². The first kappa shape index (κ1) is 35.7. The smallest absolute Gasteiger partial charge is 0.136 e. The molecule has 0 atom stereocenters. The van der Waals surface area contributed by atoms with E-state index in [4.69, 9.17) is 4.42 Å². The Morgan fingerprint density at radius 3 is 1.48 bits per heavy atom. The lowest BCUT2D eigenvalue weighted by Gasteiger charge is -2.27. The van der Waals surface area contributed by atoms with Crippen molar-refractivity contribution in [2.24, 2.45) is 0 Å². The van der Waals surface area contributed by atoms with Gasteiger partial charge in [-0.05, 0) is 131 Å². The third-order valence-electron chi connectivity index (χ3n) is 12.4. The minimum atomic E-state index is 0.890. The molecular weight excluding hydrogens is 751 g/mol. The number of anilines is 3. The molecule has 0 saturated carbocycles. The zero-order valence-electron chi connectivity index (χ0n) is 33.9. The summed E-state index contributed by atoms with van der Waals surface area (Å²) in [6.07, 6.45) is 0. The largest absolute Gasteiger partial charge is 0.456 e. The van der Waals surface area contributed by atoms with Crippen molar-refractivity contribution in [2.75, 3.05) is 4.90 Å². The maximum absolute atomic E-state index is 6.33. The van der Waals surface area contributed by atoms with Crippen LogP contribution in [0.5, 0.6) is 0 Å². The lowest BCUT2D eigenvalue weighted by atomic mass is 9.96. The third kappa shape index (κ3) is 6.20. The van der Waals surface area contributed by atoms with Gasteiger partial charge in [0.15, 0.2) is 0 Å². The van der Waals surface area contributed by atoms with Crippen molar-refractivity contribution in [2.45, 2.75) is 0 Å². The molecule has 0 bridgehead atoms. The Labute approximate surface area is 360 Å². The molecule has 0 saturated heterocycles. The molecule has 0 aliphatic heterocycles. The summed E-state index contributed by atoms with van der Waals surface area (Å²) in [5, 5.41) is 9.78. The second-order valence-corrected chi connectivity index (χ2v) is 16.1. The number of para-hydroxylation sites is 1. The lowest BCUT2D eigenvalue weighted by molar-refractivity contribution is 0.669. The molecule has 11 aromatic carbocycles. The number of furan rings is 1. The molecule has 0 radical (unpaired) electrons. The van der Waals surface area contributed by atoms with Crippen LogP contribution in [-0.4, -0.2) is 0 Å². The molecule has 0 aliphatic rings. The van der Waals surface area contributed by atoms with Crippen molar-refractivity contribution in [3.05, 3.63) is 237 Å². The molecule has 12 aromatic rings. The van der Waals surface area contributed by atoms with E-state index < -0.39 is 0 Å². The van der Waals surface area contributed by atoms with Crippen LogP contribution in [0.2, 0.25) is 0 Å². The van der Waals surface area contributed by atoms with Gasteiger partial charge in [0.1, 0.15) is 11.2 Å². The Morgan fingerprint density at radius 1 is 0.258 bits per heavy atom. The molecule has 0 aliphatic carbocycles. The first-order chi connectivity index (χ1) is 30.7. The van der Waals surface area contributed by atoms with Gasteiger partial charge in [-0.25, -0.2) is 0 Å². The Hall–Kier alpha value is -8.20. The topological polar surface area (TPSA) is 16.4 Å². The van der Waals surface area contributed by atoms with E-state index in [2.05, 4.69) is 229 Å². The fourth-order valence-electron chi connectivity index (χ4n) is 9.43. The summed E-state index contributed by atoms with van der Waals surface area (Å²) in [7, 11) is 0. The van der Waals surface area contributed by atoms with Gasteiger partial charge in [0, 0.05) is 27.8 Å². The highest BCUT2D eigenvalue weighted by molar-refractivity contribution is 6.13. The lowest BCUT2D eigenvalue weighted by Crippen LogP contribution is -2.10. The van der Waals surface area contributed by atoms with Crippen molar-refractivity contribution in [1.29, 1.82) is 0 Å². The molecule has 2 heteroatoms. The number of fused-ring (bicyclic) bond motifs is 7. The molecule has 2 nitrogen and oxygen atoms in total. The van der Waals surface area contributed by atoms with Gasteiger partial charge in [0.25, 0.3) is 0 Å². The molecule has 62 heavy (non-hydrogen) atoms. The van der Waals surface area contributed by atoms with Crippen molar-refractivity contribution in [1.82, 2.24) is 0 Å². The van der Waals surface area contributed by atoms with Gasteiger partial charge in [-0.1, -0.05) is 182 Å². The summed E-state index contributed by atoms with van der Waals surface area (Å²) in [5.41, 5.74) is 14.4. The maximum Gasteiger partial charge on any atom is 0.136 e. The SMILES string of the molecule is c1cc(-c2ccc(-c3cccc4ccccc34)cc2)cc(N(c2cccc(-c3ccc4ccc5ccccc5c4c3)c2)c2cccc(-c3cccc4oc5ccccc5c34)c2)c1. The fourth-order valence-corrected chi connectivity index (χ4v) is 9.43. The predicted molar refractivity (Wildman–Crippen MR) is 263 cm³/mol. The normalized spacial score (nSPS) is 11.5. The van der Waals surface area contributed by atoms with Crippen LogP contribution in [0.3, 0.4) is 0 Å². The van der Waals surface area contributed by atoms with E-state index in [0.29, 0.717) is 0 Å². The quantitative estimate of drug-likeness (QED) is 0.150. The van der Waals surface area contributed by atoms with Gasteiger partial charge >= 0.3 is 0 Å². The van der Waals surface area contributed by atoms with Crippen LogP contribution in [0.25, 0.3) is 98.8 Å². The van der Waals surface area contributed by atoms with Gasteiger partial charge in [0.05, 0.1) is 0 Å². The summed E-state index contributed by atoms with van der Waals surface area (Å²) < 4.78 is 6.33. The predicted octanol–water partition coefficient (Wildman–Crippen LogP) is 17.2. The van der Waals surface area contributed by atoms with Crippen molar-refractivity contribution in [3.63, 3.8) is 0 Å². The summed E-state index contributed by atoms with van der Waals surface area (Å²) in [4.78, 5) is 2.39. The highest BCUT2D eigenvalue weighted by Crippen LogP contribution is 2.43. The summed E-state index contributed by atoms with van der Waals surface area (Å²) in [6.45, 7) is 0. The van der Waals surface area contributed by atoms with Crippen LogP contribution in [0, 0.1) is 0 Å². The molecular formula is C60H39NO. The maximum atomic E-state index is 6.33. The Balaban J connectivity index is 0.992. The number of hydrogen-bond donors (Lipinski definition) is 0. The minimum absolute atomic E-state index is 0.890. The van der Waals surface area contributed by atoms with Crippen LogP contribution >= 0.6 is 0 Å². The van der Waals surface area contributed by atoms with Gasteiger partial charge in [-0.3, -0.25) is 0 Å². The third-order valence-corrected chi connectivity index (χ3v) is 12.4. The molecule has 290 valence electrons. The highest BCUT2D eigenvalue weighted by Gasteiger charge is 2.18. The molecule has 0 spiro atoms. The van der Waals surface area contributed by atoms with E-state index in [1.54, 1.807) is 0 Å². The second-order valence-electron chi connectivity index (χ2n) is 16.1. The van der Waals surface area contributed by atoms with Crippen LogP contribution in [-0.2, 0) is 0 Å². The zero-order chi connectivity index (χ0) is 41.0. The van der Waals surface area contributed by atoms with Gasteiger partial charge in [-0.15, -0.1) is 0 Å². The number of nitrogens with zero attached hydrogens (tertiary/aromatic N) is 1. The van der Waals surface area contributed by atoms with E-state index in [-0.39, 0.29) is 0 Å². The molecule has 0 unspecified atom stereocenters. The van der Waals surface area contributed by atoms with Crippen LogP contribution < -0.4 is 4.90 Å². The average Bonchev–Trinajstić information content (AvgIpc) is 3.73. The summed E-state index contributed by atoms with van der Waals surface area (Å²) >= 11 is 0. The average molecular weight is 790 g/mol. The zero-order valence-corrected chi connectivity index (χ0v) is 33.9. The summed E-state index contributed by atoms with van der Waals surface area (Å²) in [6, 6.07) is 85.6. The highest BCUT2D eigenvalue weighted by atomic mass is 16.3. The monoisotopic (exact) mass is 789 g/mol. The molecule has 0 fully saturated rings. The van der Waals surface area contributed by atoms with Gasteiger partial charge < -0.3 is 9.32 Å². The first-order valence-corrected chi connectivity index (χ1v) is 21.2. The second kappa shape index (κ2) is 14.8. The Bertz CT molecular complexity index is 3650. The van der Waals surface area contributed by atoms with Crippen molar-refractivity contribution in [3.8, 4) is 44.5 Å². The van der Waals surface area contributed by atoms with E-state index in [9.17, 15) is 0 Å². The van der Waals surface area contributed by atoms with Crippen molar-refractivity contribution < 1.29 is 4.42 Å². The van der Waals surface area contributed by atoms with E-state index in [0.717, 1.165) is 61.3 Å².